The lowest BCUT2D eigenvalue weighted by Gasteiger charge is -2.10. The average molecular weight is 272 g/mol. The largest absolute Gasteiger partial charge is 0.465 e. The van der Waals surface area contributed by atoms with Crippen LogP contribution in [0.2, 0.25) is 0 Å². The Labute approximate surface area is 111 Å². The first-order chi connectivity index (χ1) is 8.69. The van der Waals surface area contributed by atoms with Crippen molar-refractivity contribution >= 4 is 17.7 Å². The van der Waals surface area contributed by atoms with Crippen LogP contribution in [-0.2, 0) is 21.8 Å². The van der Waals surface area contributed by atoms with Gasteiger partial charge >= 0.3 is 5.97 Å². The zero-order valence-corrected chi connectivity index (χ0v) is 11.7. The van der Waals surface area contributed by atoms with Gasteiger partial charge in [-0.15, -0.1) is 0 Å². The van der Waals surface area contributed by atoms with Crippen molar-refractivity contribution in [2.24, 2.45) is 5.73 Å². The van der Waals surface area contributed by atoms with Crippen molar-refractivity contribution in [3.8, 4) is 0 Å². The first-order valence-corrected chi connectivity index (χ1v) is 7.21. The van der Waals surface area contributed by atoms with Crippen molar-refractivity contribution in [2.75, 3.05) is 12.4 Å². The molecule has 1 heterocycles. The fourth-order valence-corrected chi connectivity index (χ4v) is 2.31. The van der Waals surface area contributed by atoms with E-state index in [2.05, 4.69) is 17.0 Å². The van der Waals surface area contributed by atoms with Crippen LogP contribution in [0.25, 0.3) is 0 Å². The number of carbonyl (C=O) groups excluding carboxylic acids is 1. The lowest BCUT2D eigenvalue weighted by molar-refractivity contribution is -0.144. The van der Waals surface area contributed by atoms with Gasteiger partial charge in [0.05, 0.1) is 12.4 Å². The third-order valence-corrected chi connectivity index (χ3v) is 3.31. The Bertz CT molecular complexity index is 370. The maximum absolute atomic E-state index is 11.3. The molecule has 1 aromatic heterocycles. The van der Waals surface area contributed by atoms with Crippen molar-refractivity contribution in [3.05, 3.63) is 12.2 Å². The van der Waals surface area contributed by atoms with Crippen LogP contribution in [0, 0.1) is 0 Å². The molecule has 18 heavy (non-hydrogen) atoms. The molecule has 1 unspecified atom stereocenters. The lowest BCUT2D eigenvalue weighted by atomic mass is 10.4. The molecule has 1 atom stereocenters. The van der Waals surface area contributed by atoms with Crippen molar-refractivity contribution in [1.82, 2.24) is 14.8 Å². The van der Waals surface area contributed by atoms with Crippen LogP contribution in [-0.4, -0.2) is 39.1 Å². The van der Waals surface area contributed by atoms with Gasteiger partial charge in [0.1, 0.15) is 18.2 Å². The van der Waals surface area contributed by atoms with Gasteiger partial charge < -0.3 is 10.5 Å². The summed E-state index contributed by atoms with van der Waals surface area (Å²) in [6.45, 7) is 5.09. The highest BCUT2D eigenvalue weighted by Crippen LogP contribution is 2.11. The van der Waals surface area contributed by atoms with Gasteiger partial charge in [0, 0.05) is 12.3 Å². The molecule has 6 nitrogen and oxygen atoms in total. The third kappa shape index (κ3) is 4.66. The van der Waals surface area contributed by atoms with E-state index in [9.17, 15) is 4.79 Å². The van der Waals surface area contributed by atoms with Gasteiger partial charge in [-0.3, -0.25) is 4.79 Å². The Balaban J connectivity index is 2.32. The molecule has 102 valence electrons. The van der Waals surface area contributed by atoms with E-state index in [0.717, 1.165) is 18.8 Å². The number of hydrogen-bond donors (Lipinski definition) is 1. The molecule has 0 aliphatic carbocycles. The Morgan fingerprint density at radius 3 is 3.06 bits per heavy atom. The number of rotatable bonds is 8. The molecule has 2 N–H and O–H groups in total. The number of ether oxygens (including phenoxy) is 1. The van der Waals surface area contributed by atoms with Crippen LogP contribution in [0.5, 0.6) is 0 Å². The summed E-state index contributed by atoms with van der Waals surface area (Å²) in [6, 6.07) is -0.572. The molecule has 1 aromatic rings. The van der Waals surface area contributed by atoms with Gasteiger partial charge in [0.2, 0.25) is 0 Å². The molecule has 0 spiro atoms. The molecule has 0 aliphatic rings. The summed E-state index contributed by atoms with van der Waals surface area (Å²) in [5, 5.41) is 4.14. The second-order valence-corrected chi connectivity index (χ2v) is 4.80. The minimum absolute atomic E-state index is 0.347. The molecule has 0 saturated carbocycles. The van der Waals surface area contributed by atoms with Crippen LogP contribution >= 0.6 is 11.8 Å². The van der Waals surface area contributed by atoms with Gasteiger partial charge in [-0.25, -0.2) is 9.67 Å². The van der Waals surface area contributed by atoms with E-state index in [0.29, 0.717) is 18.1 Å². The Morgan fingerprint density at radius 1 is 1.61 bits per heavy atom. The predicted molar refractivity (Wildman–Crippen MR) is 71.1 cm³/mol. The first kappa shape index (κ1) is 15.0. The van der Waals surface area contributed by atoms with Crippen LogP contribution < -0.4 is 5.73 Å². The van der Waals surface area contributed by atoms with Crippen LogP contribution in [0.1, 0.15) is 26.1 Å². The van der Waals surface area contributed by atoms with Crippen LogP contribution in [0.4, 0.5) is 0 Å². The van der Waals surface area contributed by atoms with Crippen molar-refractivity contribution in [1.29, 1.82) is 0 Å². The zero-order chi connectivity index (χ0) is 13.4. The molecule has 0 amide bonds. The molecule has 7 heteroatoms. The van der Waals surface area contributed by atoms with Crippen LogP contribution in [0.3, 0.4) is 0 Å². The SMILES string of the molecule is CCCn1ncnc1CSCC(N)C(=O)OCC. The van der Waals surface area contributed by atoms with Crippen molar-refractivity contribution in [2.45, 2.75) is 38.6 Å². The van der Waals surface area contributed by atoms with Gasteiger partial charge in [-0.1, -0.05) is 6.92 Å². The number of thioether (sulfide) groups is 1. The van der Waals surface area contributed by atoms with Gasteiger partial charge in [0.25, 0.3) is 0 Å². The summed E-state index contributed by atoms with van der Waals surface area (Å²) in [5.41, 5.74) is 5.70. The molecular formula is C11H20N4O2S. The molecule has 0 fully saturated rings. The van der Waals surface area contributed by atoms with E-state index in [1.54, 1.807) is 25.0 Å². The Morgan fingerprint density at radius 2 is 2.39 bits per heavy atom. The minimum Gasteiger partial charge on any atom is -0.465 e. The van der Waals surface area contributed by atoms with E-state index in [1.807, 2.05) is 4.68 Å². The average Bonchev–Trinajstić information content (AvgIpc) is 2.77. The van der Waals surface area contributed by atoms with E-state index in [4.69, 9.17) is 10.5 Å². The Hall–Kier alpha value is -1.08. The fourth-order valence-electron chi connectivity index (χ4n) is 1.39. The predicted octanol–water partition coefficient (Wildman–Crippen LogP) is 0.812. The molecule has 0 aliphatic heterocycles. The van der Waals surface area contributed by atoms with E-state index < -0.39 is 6.04 Å². The molecular weight excluding hydrogens is 252 g/mol. The second-order valence-electron chi connectivity index (χ2n) is 3.77. The standard InChI is InChI=1S/C11H20N4O2S/c1-3-5-15-10(13-8-14-15)7-18-6-9(12)11(16)17-4-2/h8-9H,3-7,12H2,1-2H3. The molecule has 0 aromatic carbocycles. The second kappa shape index (κ2) is 8.10. The summed E-state index contributed by atoms with van der Waals surface area (Å²) in [7, 11) is 0. The number of carbonyl (C=O) groups is 1. The summed E-state index contributed by atoms with van der Waals surface area (Å²) in [4.78, 5) is 15.5. The smallest absolute Gasteiger partial charge is 0.323 e. The summed E-state index contributed by atoms with van der Waals surface area (Å²) in [5.74, 6) is 1.79. The summed E-state index contributed by atoms with van der Waals surface area (Å²) in [6.07, 6.45) is 2.57. The van der Waals surface area contributed by atoms with E-state index >= 15 is 0 Å². The number of nitrogens with two attached hydrogens (primary N) is 1. The Kier molecular flexibility index (Phi) is 6.74. The maximum Gasteiger partial charge on any atom is 0.323 e. The molecule has 0 saturated heterocycles. The monoisotopic (exact) mass is 272 g/mol. The maximum atomic E-state index is 11.3. The number of esters is 1. The molecule has 0 bridgehead atoms. The normalized spacial score (nSPS) is 12.4. The highest BCUT2D eigenvalue weighted by Gasteiger charge is 2.14. The third-order valence-electron chi connectivity index (χ3n) is 2.25. The van der Waals surface area contributed by atoms with Crippen LogP contribution in [0.15, 0.2) is 6.33 Å². The van der Waals surface area contributed by atoms with Gasteiger partial charge in [-0.2, -0.15) is 16.9 Å². The topological polar surface area (TPSA) is 83.0 Å². The summed E-state index contributed by atoms with van der Waals surface area (Å²) < 4.78 is 6.72. The minimum atomic E-state index is -0.572. The van der Waals surface area contributed by atoms with E-state index in [1.165, 1.54) is 0 Å². The number of aromatic nitrogens is 3. The quantitative estimate of drug-likeness (QED) is 0.705. The van der Waals surface area contributed by atoms with Crippen molar-refractivity contribution < 1.29 is 9.53 Å². The molecule has 1 rings (SSSR count). The van der Waals surface area contributed by atoms with Gasteiger partial charge in [-0.05, 0) is 13.3 Å². The number of aryl methyl sites for hydroxylation is 1. The number of hydrogen-bond acceptors (Lipinski definition) is 6. The zero-order valence-electron chi connectivity index (χ0n) is 10.8. The van der Waals surface area contributed by atoms with Gasteiger partial charge in [0.15, 0.2) is 0 Å². The van der Waals surface area contributed by atoms with E-state index in [-0.39, 0.29) is 5.97 Å². The first-order valence-electron chi connectivity index (χ1n) is 6.05. The highest BCUT2D eigenvalue weighted by molar-refractivity contribution is 7.98. The number of nitrogens with zero attached hydrogens (tertiary/aromatic N) is 3. The van der Waals surface area contributed by atoms with Crippen molar-refractivity contribution in [3.63, 3.8) is 0 Å². The highest BCUT2D eigenvalue weighted by atomic mass is 32.2. The fraction of sp³-hybridized carbons (Fsp3) is 0.727. The summed E-state index contributed by atoms with van der Waals surface area (Å²) >= 11 is 1.56. The molecule has 0 radical (unpaired) electrons. The lowest BCUT2D eigenvalue weighted by Crippen LogP contribution is -2.34.